The highest BCUT2D eigenvalue weighted by Crippen LogP contribution is 2.16. The monoisotopic (exact) mass is 332 g/mol. The quantitative estimate of drug-likeness (QED) is 0.820. The van der Waals surface area contributed by atoms with Crippen molar-refractivity contribution in [1.29, 1.82) is 0 Å². The van der Waals surface area contributed by atoms with E-state index in [0.29, 0.717) is 18.8 Å². The van der Waals surface area contributed by atoms with Gasteiger partial charge in [0.1, 0.15) is 12.2 Å². The molecule has 0 aliphatic carbocycles. The molecule has 0 atom stereocenters. The molecule has 7 heteroatoms. The predicted molar refractivity (Wildman–Crippen MR) is 73.2 cm³/mol. The van der Waals surface area contributed by atoms with Crippen molar-refractivity contribution in [2.75, 3.05) is 26.8 Å². The number of aromatic nitrogens is 1. The van der Waals surface area contributed by atoms with E-state index in [4.69, 9.17) is 9.84 Å². The maximum Gasteiger partial charge on any atom is 0.323 e. The zero-order valence-electron chi connectivity index (χ0n) is 10.9. The highest BCUT2D eigenvalue weighted by atomic mass is 79.9. The van der Waals surface area contributed by atoms with Crippen LogP contribution >= 0.6 is 15.9 Å². The van der Waals surface area contributed by atoms with E-state index in [0.717, 1.165) is 4.47 Å². The van der Waals surface area contributed by atoms with E-state index in [-0.39, 0.29) is 19.0 Å². The summed E-state index contributed by atoms with van der Waals surface area (Å²) in [4.78, 5) is 24.4. The minimum absolute atomic E-state index is 0.244. The van der Waals surface area contributed by atoms with Gasteiger partial charge in [-0.05, 0) is 28.9 Å². The Morgan fingerprint density at radius 2 is 2.21 bits per heavy atom. The van der Waals surface area contributed by atoms with E-state index in [1.54, 1.807) is 16.8 Å². The van der Waals surface area contributed by atoms with Crippen LogP contribution in [0.25, 0.3) is 0 Å². The van der Waals surface area contributed by atoms with E-state index in [1.165, 1.54) is 12.0 Å². The fourth-order valence-corrected chi connectivity index (χ4v) is 2.16. The van der Waals surface area contributed by atoms with Crippen LogP contribution in [0.2, 0.25) is 0 Å². The van der Waals surface area contributed by atoms with Crippen molar-refractivity contribution in [1.82, 2.24) is 9.47 Å². The summed E-state index contributed by atoms with van der Waals surface area (Å²) in [6.07, 6.45) is 1.79. The molecule has 6 nitrogen and oxygen atoms in total. The smallest absolute Gasteiger partial charge is 0.323 e. The fourth-order valence-electron chi connectivity index (χ4n) is 1.69. The Morgan fingerprint density at radius 1 is 1.53 bits per heavy atom. The lowest BCUT2D eigenvalue weighted by molar-refractivity contribution is -0.137. The van der Waals surface area contributed by atoms with Crippen LogP contribution in [0.1, 0.15) is 17.4 Å². The van der Waals surface area contributed by atoms with Crippen LogP contribution in [-0.4, -0.2) is 53.3 Å². The van der Waals surface area contributed by atoms with Crippen LogP contribution in [0.15, 0.2) is 16.7 Å². The number of methoxy groups -OCH3 is 1. The number of halogens is 1. The Labute approximate surface area is 120 Å². The average Bonchev–Trinajstić information content (AvgIpc) is 2.74. The summed E-state index contributed by atoms with van der Waals surface area (Å²) in [7, 11) is 1.51. The maximum absolute atomic E-state index is 12.3. The molecule has 0 aliphatic heterocycles. The van der Waals surface area contributed by atoms with Crippen molar-refractivity contribution in [3.8, 4) is 0 Å². The highest BCUT2D eigenvalue weighted by Gasteiger charge is 2.21. The highest BCUT2D eigenvalue weighted by molar-refractivity contribution is 9.10. The number of aryl methyl sites for hydroxylation is 1. The first kappa shape index (κ1) is 15.7. The molecule has 0 fully saturated rings. The van der Waals surface area contributed by atoms with Crippen LogP contribution in [0.4, 0.5) is 0 Å². The lowest BCUT2D eigenvalue weighted by Crippen LogP contribution is -2.38. The van der Waals surface area contributed by atoms with Gasteiger partial charge in [-0.15, -0.1) is 0 Å². The number of carbonyl (C=O) groups excluding carboxylic acids is 1. The zero-order chi connectivity index (χ0) is 14.4. The minimum Gasteiger partial charge on any atom is -0.480 e. The first-order valence-electron chi connectivity index (χ1n) is 5.85. The number of ether oxygens (including phenoxy) is 1. The first-order chi connectivity index (χ1) is 8.99. The Morgan fingerprint density at radius 3 is 2.74 bits per heavy atom. The number of carboxylic acid groups (broad SMARTS) is 1. The standard InChI is InChI=1S/C12H17BrN2O4/c1-3-14-7-9(13)6-10(14)12(18)15(4-5-19-2)8-11(16)17/h6-7H,3-5,8H2,1-2H3,(H,16,17). The number of rotatable bonds is 7. The lowest BCUT2D eigenvalue weighted by Gasteiger charge is -2.20. The van der Waals surface area contributed by atoms with Crippen LogP contribution in [0.3, 0.4) is 0 Å². The molecule has 0 aliphatic rings. The van der Waals surface area contributed by atoms with Gasteiger partial charge in [-0.1, -0.05) is 0 Å². The third kappa shape index (κ3) is 4.36. The molecule has 0 aromatic carbocycles. The van der Waals surface area contributed by atoms with Gasteiger partial charge in [0.05, 0.1) is 6.61 Å². The Kier molecular flexibility index (Phi) is 6.04. The van der Waals surface area contributed by atoms with Crippen molar-refractivity contribution in [3.63, 3.8) is 0 Å². The summed E-state index contributed by atoms with van der Waals surface area (Å²) in [5.74, 6) is -1.36. The maximum atomic E-state index is 12.3. The number of amides is 1. The van der Waals surface area contributed by atoms with Gasteiger partial charge in [0.15, 0.2) is 0 Å². The van der Waals surface area contributed by atoms with E-state index in [9.17, 15) is 9.59 Å². The third-order valence-corrected chi connectivity index (χ3v) is 3.04. The molecule has 0 unspecified atom stereocenters. The van der Waals surface area contributed by atoms with Crippen molar-refractivity contribution < 1.29 is 19.4 Å². The number of carbonyl (C=O) groups is 2. The summed E-state index contributed by atoms with van der Waals surface area (Å²) in [6.45, 7) is 2.76. The first-order valence-corrected chi connectivity index (χ1v) is 6.64. The molecule has 0 bridgehead atoms. The van der Waals surface area contributed by atoms with Crippen LogP contribution < -0.4 is 0 Å². The summed E-state index contributed by atoms with van der Waals surface area (Å²) in [6, 6.07) is 1.69. The topological polar surface area (TPSA) is 71.8 Å². The molecule has 0 saturated heterocycles. The molecule has 1 aromatic heterocycles. The van der Waals surface area contributed by atoms with Crippen molar-refractivity contribution in [2.45, 2.75) is 13.5 Å². The van der Waals surface area contributed by atoms with E-state index < -0.39 is 5.97 Å². The molecule has 0 radical (unpaired) electrons. The predicted octanol–water partition coefficient (Wildman–Crippen LogP) is 1.44. The van der Waals surface area contributed by atoms with Gasteiger partial charge >= 0.3 is 5.97 Å². The fraction of sp³-hybridized carbons (Fsp3) is 0.500. The van der Waals surface area contributed by atoms with E-state index in [1.807, 2.05) is 6.92 Å². The van der Waals surface area contributed by atoms with Gasteiger partial charge in [-0.25, -0.2) is 0 Å². The number of carboxylic acids is 1. The molecule has 19 heavy (non-hydrogen) atoms. The second-order valence-electron chi connectivity index (χ2n) is 3.94. The average molecular weight is 333 g/mol. The van der Waals surface area contributed by atoms with Crippen molar-refractivity contribution >= 4 is 27.8 Å². The SMILES string of the molecule is CCn1cc(Br)cc1C(=O)N(CCOC)CC(=O)O. The molecule has 106 valence electrons. The van der Waals surface area contributed by atoms with E-state index in [2.05, 4.69) is 15.9 Å². The van der Waals surface area contributed by atoms with E-state index >= 15 is 0 Å². The molecule has 1 N–H and O–H groups in total. The van der Waals surface area contributed by atoms with Crippen molar-refractivity contribution in [3.05, 3.63) is 22.4 Å². The number of aliphatic carboxylic acids is 1. The summed E-state index contributed by atoms with van der Waals surface area (Å²) in [5.41, 5.74) is 0.465. The van der Waals surface area contributed by atoms with Crippen LogP contribution in [-0.2, 0) is 16.1 Å². The van der Waals surface area contributed by atoms with Gasteiger partial charge in [0, 0.05) is 30.9 Å². The van der Waals surface area contributed by atoms with Gasteiger partial charge < -0.3 is 19.3 Å². The molecular formula is C12H17BrN2O4. The summed E-state index contributed by atoms with van der Waals surface area (Å²) >= 11 is 3.31. The molecule has 0 saturated carbocycles. The Balaban J connectivity index is 2.93. The molecular weight excluding hydrogens is 316 g/mol. The second-order valence-corrected chi connectivity index (χ2v) is 4.86. The van der Waals surface area contributed by atoms with Gasteiger partial charge in [0.2, 0.25) is 0 Å². The van der Waals surface area contributed by atoms with Gasteiger partial charge in [-0.3, -0.25) is 9.59 Å². The number of nitrogens with zero attached hydrogens (tertiary/aromatic N) is 2. The van der Waals surface area contributed by atoms with Crippen LogP contribution in [0.5, 0.6) is 0 Å². The largest absolute Gasteiger partial charge is 0.480 e. The molecule has 1 heterocycles. The molecule has 0 spiro atoms. The van der Waals surface area contributed by atoms with Crippen molar-refractivity contribution in [2.24, 2.45) is 0 Å². The van der Waals surface area contributed by atoms with Gasteiger partial charge in [-0.2, -0.15) is 0 Å². The Hall–Kier alpha value is -1.34. The number of hydrogen-bond donors (Lipinski definition) is 1. The molecule has 1 aromatic rings. The summed E-state index contributed by atoms with van der Waals surface area (Å²) in [5, 5.41) is 8.86. The van der Waals surface area contributed by atoms with Gasteiger partial charge in [0.25, 0.3) is 5.91 Å². The lowest BCUT2D eigenvalue weighted by atomic mass is 10.3. The molecule has 1 amide bonds. The second kappa shape index (κ2) is 7.30. The normalized spacial score (nSPS) is 10.5. The third-order valence-electron chi connectivity index (χ3n) is 2.60. The zero-order valence-corrected chi connectivity index (χ0v) is 12.5. The number of hydrogen-bond acceptors (Lipinski definition) is 3. The summed E-state index contributed by atoms with van der Waals surface area (Å²) < 4.78 is 7.46. The Bertz CT molecular complexity index is 459. The molecule has 1 rings (SSSR count). The van der Waals surface area contributed by atoms with Crippen LogP contribution in [0, 0.1) is 0 Å². The minimum atomic E-state index is -1.04.